The van der Waals surface area contributed by atoms with Crippen LogP contribution < -0.4 is 5.32 Å². The maximum atomic E-state index is 5.61. The number of fused-ring (bicyclic) bond motifs is 5. The first-order chi connectivity index (χ1) is 4.95. The maximum Gasteiger partial charge on any atom is 0.0700 e. The zero-order valence-electron chi connectivity index (χ0n) is 6.31. The van der Waals surface area contributed by atoms with Crippen LogP contribution >= 0.6 is 0 Å². The van der Waals surface area contributed by atoms with E-state index >= 15 is 0 Å². The van der Waals surface area contributed by atoms with Crippen molar-refractivity contribution in [2.24, 2.45) is 0 Å². The van der Waals surface area contributed by atoms with Crippen molar-refractivity contribution in [2.45, 2.75) is 37.8 Å². The molecule has 3 aliphatic heterocycles. The van der Waals surface area contributed by atoms with Crippen LogP contribution in [0.2, 0.25) is 0 Å². The lowest BCUT2D eigenvalue weighted by Crippen LogP contribution is -2.44. The number of ether oxygens (including phenoxy) is 1. The van der Waals surface area contributed by atoms with Gasteiger partial charge in [-0.25, -0.2) is 0 Å². The lowest BCUT2D eigenvalue weighted by Gasteiger charge is -2.32. The summed E-state index contributed by atoms with van der Waals surface area (Å²) in [6.45, 7) is 2.08. The van der Waals surface area contributed by atoms with Gasteiger partial charge in [0.15, 0.2) is 0 Å². The van der Waals surface area contributed by atoms with E-state index in [1.165, 1.54) is 25.7 Å². The summed E-state index contributed by atoms with van der Waals surface area (Å²) in [6, 6.07) is 0.806. The van der Waals surface area contributed by atoms with Crippen LogP contribution in [0.5, 0.6) is 0 Å². The van der Waals surface area contributed by atoms with Gasteiger partial charge in [-0.3, -0.25) is 0 Å². The summed E-state index contributed by atoms with van der Waals surface area (Å²) in [7, 11) is 0. The highest BCUT2D eigenvalue weighted by Crippen LogP contribution is 2.18. The van der Waals surface area contributed by atoms with E-state index in [0.717, 1.165) is 19.2 Å². The van der Waals surface area contributed by atoms with E-state index in [4.69, 9.17) is 4.74 Å². The van der Waals surface area contributed by atoms with E-state index in [-0.39, 0.29) is 0 Å². The summed E-state index contributed by atoms with van der Waals surface area (Å²) in [6.07, 6.45) is 5.68. The minimum atomic E-state index is 0.525. The van der Waals surface area contributed by atoms with Gasteiger partial charge in [-0.2, -0.15) is 0 Å². The fourth-order valence-electron chi connectivity index (χ4n) is 1.86. The molecule has 0 amide bonds. The summed E-state index contributed by atoms with van der Waals surface area (Å²) in [5, 5.41) is 3.50. The smallest absolute Gasteiger partial charge is 0.0700 e. The SMILES string of the molecule is C1COC2CCC(C1)NC2. The molecule has 0 aliphatic carbocycles. The van der Waals surface area contributed by atoms with Crippen LogP contribution in [-0.4, -0.2) is 25.3 Å². The lowest BCUT2D eigenvalue weighted by molar-refractivity contribution is 0.00921. The normalized spacial score (nSPS) is 40.8. The minimum Gasteiger partial charge on any atom is -0.377 e. The van der Waals surface area contributed by atoms with Crippen LogP contribution in [0.4, 0.5) is 0 Å². The Kier molecular flexibility index (Phi) is 1.91. The van der Waals surface area contributed by atoms with E-state index in [1.54, 1.807) is 0 Å². The van der Waals surface area contributed by atoms with Crippen molar-refractivity contribution >= 4 is 0 Å². The molecule has 0 saturated carbocycles. The molecule has 3 saturated heterocycles. The van der Waals surface area contributed by atoms with Gasteiger partial charge in [0, 0.05) is 19.2 Å². The van der Waals surface area contributed by atoms with Crippen molar-refractivity contribution in [1.82, 2.24) is 5.32 Å². The molecule has 0 aromatic heterocycles. The average molecular weight is 141 g/mol. The molecule has 0 aromatic rings. The van der Waals surface area contributed by atoms with E-state index < -0.39 is 0 Å². The highest BCUT2D eigenvalue weighted by atomic mass is 16.5. The maximum absolute atomic E-state index is 5.61. The second-order valence-corrected chi connectivity index (χ2v) is 3.32. The second kappa shape index (κ2) is 2.89. The van der Waals surface area contributed by atoms with Crippen molar-refractivity contribution in [2.75, 3.05) is 13.2 Å². The molecule has 3 rings (SSSR count). The first-order valence-corrected chi connectivity index (χ1v) is 4.30. The number of hydrogen-bond donors (Lipinski definition) is 1. The molecule has 0 radical (unpaired) electrons. The number of nitrogens with one attached hydrogen (secondary N) is 1. The summed E-state index contributed by atoms with van der Waals surface area (Å²) in [4.78, 5) is 0. The van der Waals surface area contributed by atoms with Gasteiger partial charge in [-0.1, -0.05) is 0 Å². The molecule has 0 aromatic carbocycles. The van der Waals surface area contributed by atoms with Crippen molar-refractivity contribution in [3.05, 3.63) is 0 Å². The zero-order chi connectivity index (χ0) is 6.81. The van der Waals surface area contributed by atoms with Crippen molar-refractivity contribution in [1.29, 1.82) is 0 Å². The molecule has 3 aliphatic rings. The fourth-order valence-corrected chi connectivity index (χ4v) is 1.86. The summed E-state index contributed by atoms with van der Waals surface area (Å²) < 4.78 is 5.61. The molecule has 0 spiro atoms. The molecule has 3 fully saturated rings. The Balaban J connectivity index is 1.94. The predicted molar refractivity (Wildman–Crippen MR) is 40.0 cm³/mol. The molecule has 2 atom stereocenters. The third kappa shape index (κ3) is 1.32. The van der Waals surface area contributed by atoms with Crippen LogP contribution in [0.15, 0.2) is 0 Å². The molecule has 58 valence electrons. The van der Waals surface area contributed by atoms with Gasteiger partial charge in [0.25, 0.3) is 0 Å². The first kappa shape index (κ1) is 6.62. The third-order valence-corrected chi connectivity index (χ3v) is 2.52. The standard InChI is InChI=1S/C8H15NO/c1-2-7-3-4-8(6-9-7)10-5-1/h7-9H,1-6H2. The van der Waals surface area contributed by atoms with Gasteiger partial charge >= 0.3 is 0 Å². The average Bonchev–Trinajstić information content (AvgIpc) is 1.89. The Morgan fingerprint density at radius 1 is 1.20 bits per heavy atom. The van der Waals surface area contributed by atoms with Crippen LogP contribution in [0, 0.1) is 0 Å². The van der Waals surface area contributed by atoms with Crippen LogP contribution in [0.1, 0.15) is 25.7 Å². The monoisotopic (exact) mass is 141 g/mol. The molecule has 1 N–H and O–H groups in total. The summed E-state index contributed by atoms with van der Waals surface area (Å²) in [5.41, 5.74) is 0. The Bertz CT molecular complexity index is 88.3. The molecular formula is C8H15NO. The molecule has 2 bridgehead atoms. The Labute approximate surface area is 61.9 Å². The van der Waals surface area contributed by atoms with E-state index in [0.29, 0.717) is 6.10 Å². The zero-order valence-corrected chi connectivity index (χ0v) is 6.31. The number of rotatable bonds is 0. The molecule has 2 nitrogen and oxygen atoms in total. The number of piperidine rings is 1. The Hall–Kier alpha value is -0.0800. The van der Waals surface area contributed by atoms with Gasteiger partial charge in [0.1, 0.15) is 0 Å². The minimum absolute atomic E-state index is 0.525. The highest BCUT2D eigenvalue weighted by molar-refractivity contribution is 4.80. The van der Waals surface area contributed by atoms with Gasteiger partial charge in [0.2, 0.25) is 0 Å². The fraction of sp³-hybridized carbons (Fsp3) is 1.00. The summed E-state index contributed by atoms with van der Waals surface area (Å²) >= 11 is 0. The second-order valence-electron chi connectivity index (χ2n) is 3.32. The largest absolute Gasteiger partial charge is 0.377 e. The molecule has 3 heterocycles. The van der Waals surface area contributed by atoms with Crippen LogP contribution in [0.25, 0.3) is 0 Å². The topological polar surface area (TPSA) is 21.3 Å². The third-order valence-electron chi connectivity index (χ3n) is 2.52. The molecule has 2 unspecified atom stereocenters. The van der Waals surface area contributed by atoms with Crippen molar-refractivity contribution in [3.8, 4) is 0 Å². The van der Waals surface area contributed by atoms with Gasteiger partial charge < -0.3 is 10.1 Å². The van der Waals surface area contributed by atoms with E-state index in [9.17, 15) is 0 Å². The summed E-state index contributed by atoms with van der Waals surface area (Å²) in [5.74, 6) is 0. The predicted octanol–water partition coefficient (Wildman–Crippen LogP) is 0.917. The molecular weight excluding hydrogens is 126 g/mol. The number of hydrogen-bond acceptors (Lipinski definition) is 2. The van der Waals surface area contributed by atoms with E-state index in [2.05, 4.69) is 5.32 Å². The Morgan fingerprint density at radius 3 is 3.00 bits per heavy atom. The van der Waals surface area contributed by atoms with Crippen LogP contribution in [0.3, 0.4) is 0 Å². The molecule has 2 heteroatoms. The first-order valence-electron chi connectivity index (χ1n) is 4.30. The lowest BCUT2D eigenvalue weighted by atomic mass is 9.97. The van der Waals surface area contributed by atoms with Crippen molar-refractivity contribution in [3.63, 3.8) is 0 Å². The Morgan fingerprint density at radius 2 is 2.20 bits per heavy atom. The van der Waals surface area contributed by atoms with Crippen LogP contribution in [-0.2, 0) is 4.74 Å². The quantitative estimate of drug-likeness (QED) is 0.541. The van der Waals surface area contributed by atoms with Crippen molar-refractivity contribution < 1.29 is 4.74 Å². The van der Waals surface area contributed by atoms with Gasteiger partial charge in [-0.15, -0.1) is 0 Å². The van der Waals surface area contributed by atoms with Gasteiger partial charge in [0.05, 0.1) is 6.10 Å². The highest BCUT2D eigenvalue weighted by Gasteiger charge is 2.22. The molecule has 10 heavy (non-hydrogen) atoms. The van der Waals surface area contributed by atoms with Gasteiger partial charge in [-0.05, 0) is 25.7 Å². The van der Waals surface area contributed by atoms with E-state index in [1.807, 2.05) is 0 Å².